The minimum Gasteiger partial charge on any atom is -0.327 e. The number of nitrogens with two attached hydrogens (primary N) is 1. The van der Waals surface area contributed by atoms with Crippen molar-refractivity contribution in [3.05, 3.63) is 28.0 Å². The van der Waals surface area contributed by atoms with Gasteiger partial charge in [0.25, 0.3) is 0 Å². The highest BCUT2D eigenvalue weighted by Crippen LogP contribution is 2.18. The monoisotopic (exact) mass is 289 g/mol. The predicted octanol–water partition coefficient (Wildman–Crippen LogP) is 3.19. The van der Waals surface area contributed by atoms with E-state index in [0.717, 1.165) is 25.1 Å². The molecule has 1 rings (SSSR count). The van der Waals surface area contributed by atoms with Crippen molar-refractivity contribution in [2.24, 2.45) is 11.7 Å². The summed E-state index contributed by atoms with van der Waals surface area (Å²) < 4.78 is 0. The Morgan fingerprint density at radius 1 is 1.33 bits per heavy atom. The molecule has 1 aromatic rings. The molecule has 1 heterocycles. The standard InChI is InChI=1S/C13H21Cl2N3/c1-9(2)11(16)6-7-18(3)8-10-4-5-12(14)17-13(10)15/h4-5,9,11H,6-8,16H2,1-3H3. The summed E-state index contributed by atoms with van der Waals surface area (Å²) >= 11 is 11.8. The Labute approximate surface area is 119 Å². The van der Waals surface area contributed by atoms with Crippen LogP contribution < -0.4 is 5.73 Å². The Kier molecular flexibility index (Phi) is 6.36. The summed E-state index contributed by atoms with van der Waals surface area (Å²) in [7, 11) is 2.05. The van der Waals surface area contributed by atoms with Crippen molar-refractivity contribution in [2.45, 2.75) is 32.9 Å². The first-order valence-corrected chi connectivity index (χ1v) is 6.90. The molecule has 0 aliphatic carbocycles. The van der Waals surface area contributed by atoms with Crippen molar-refractivity contribution < 1.29 is 0 Å². The number of hydrogen-bond acceptors (Lipinski definition) is 3. The predicted molar refractivity (Wildman–Crippen MR) is 78.0 cm³/mol. The van der Waals surface area contributed by atoms with Gasteiger partial charge in [-0.25, -0.2) is 4.98 Å². The van der Waals surface area contributed by atoms with Crippen LogP contribution in [0.1, 0.15) is 25.8 Å². The van der Waals surface area contributed by atoms with Crippen LogP contribution in [0.2, 0.25) is 10.3 Å². The van der Waals surface area contributed by atoms with Crippen molar-refractivity contribution in [3.8, 4) is 0 Å². The van der Waals surface area contributed by atoms with Gasteiger partial charge in [0.1, 0.15) is 10.3 Å². The van der Waals surface area contributed by atoms with Crippen LogP contribution >= 0.6 is 23.2 Å². The number of hydrogen-bond donors (Lipinski definition) is 1. The summed E-state index contributed by atoms with van der Waals surface area (Å²) in [6.07, 6.45) is 0.979. The lowest BCUT2D eigenvalue weighted by atomic mass is 10.0. The third kappa shape index (κ3) is 5.11. The van der Waals surface area contributed by atoms with Gasteiger partial charge in [-0.1, -0.05) is 43.1 Å². The van der Waals surface area contributed by atoms with E-state index in [0.29, 0.717) is 16.2 Å². The molecule has 1 atom stereocenters. The molecule has 0 saturated carbocycles. The van der Waals surface area contributed by atoms with Gasteiger partial charge in [-0.05, 0) is 32.0 Å². The second-order valence-corrected chi connectivity index (χ2v) is 5.76. The van der Waals surface area contributed by atoms with Crippen molar-refractivity contribution in [2.75, 3.05) is 13.6 Å². The highest BCUT2D eigenvalue weighted by molar-refractivity contribution is 6.32. The van der Waals surface area contributed by atoms with Gasteiger partial charge >= 0.3 is 0 Å². The van der Waals surface area contributed by atoms with Gasteiger partial charge in [0.15, 0.2) is 0 Å². The molecule has 0 aliphatic heterocycles. The van der Waals surface area contributed by atoms with Gasteiger partial charge in [-0.15, -0.1) is 0 Å². The maximum absolute atomic E-state index is 6.04. The first-order chi connectivity index (χ1) is 8.40. The second-order valence-electron chi connectivity index (χ2n) is 5.02. The van der Waals surface area contributed by atoms with Crippen molar-refractivity contribution in [3.63, 3.8) is 0 Å². The average Bonchev–Trinajstić information content (AvgIpc) is 2.29. The third-order valence-electron chi connectivity index (χ3n) is 3.03. The molecule has 1 unspecified atom stereocenters. The van der Waals surface area contributed by atoms with Crippen LogP contribution in [-0.2, 0) is 6.54 Å². The van der Waals surface area contributed by atoms with Crippen molar-refractivity contribution in [1.29, 1.82) is 0 Å². The first kappa shape index (κ1) is 15.7. The van der Waals surface area contributed by atoms with Crippen LogP contribution in [0.15, 0.2) is 12.1 Å². The fourth-order valence-electron chi connectivity index (χ4n) is 1.63. The zero-order chi connectivity index (χ0) is 13.7. The zero-order valence-corrected chi connectivity index (χ0v) is 12.7. The average molecular weight is 290 g/mol. The van der Waals surface area contributed by atoms with Crippen LogP contribution in [0.5, 0.6) is 0 Å². The Morgan fingerprint density at radius 3 is 2.56 bits per heavy atom. The van der Waals surface area contributed by atoms with Gasteiger partial charge in [-0.3, -0.25) is 0 Å². The zero-order valence-electron chi connectivity index (χ0n) is 11.2. The topological polar surface area (TPSA) is 42.1 Å². The van der Waals surface area contributed by atoms with E-state index >= 15 is 0 Å². The molecule has 2 N–H and O–H groups in total. The van der Waals surface area contributed by atoms with Gasteiger partial charge in [0.2, 0.25) is 0 Å². The Bertz CT molecular complexity index is 382. The lowest BCUT2D eigenvalue weighted by Gasteiger charge is -2.21. The molecule has 3 nitrogen and oxygen atoms in total. The molecular formula is C13H21Cl2N3. The fraction of sp³-hybridized carbons (Fsp3) is 0.615. The van der Waals surface area contributed by atoms with Crippen LogP contribution in [0.3, 0.4) is 0 Å². The number of aromatic nitrogens is 1. The van der Waals surface area contributed by atoms with E-state index in [9.17, 15) is 0 Å². The Morgan fingerprint density at radius 2 is 2.00 bits per heavy atom. The number of pyridine rings is 1. The molecule has 0 bridgehead atoms. The maximum Gasteiger partial charge on any atom is 0.135 e. The van der Waals surface area contributed by atoms with Crippen LogP contribution in [-0.4, -0.2) is 29.5 Å². The summed E-state index contributed by atoms with van der Waals surface area (Å²) in [5.41, 5.74) is 7.01. The van der Waals surface area contributed by atoms with E-state index in [1.54, 1.807) is 6.07 Å². The molecule has 102 valence electrons. The molecule has 1 aromatic heterocycles. The first-order valence-electron chi connectivity index (χ1n) is 6.15. The van der Waals surface area contributed by atoms with E-state index in [-0.39, 0.29) is 6.04 Å². The Hall–Kier alpha value is -0.350. The molecule has 0 radical (unpaired) electrons. The van der Waals surface area contributed by atoms with E-state index < -0.39 is 0 Å². The minimum atomic E-state index is 0.242. The van der Waals surface area contributed by atoms with E-state index in [2.05, 4.69) is 30.8 Å². The molecule has 0 saturated heterocycles. The number of nitrogens with zero attached hydrogens (tertiary/aromatic N) is 2. The molecule has 0 amide bonds. The van der Waals surface area contributed by atoms with Gasteiger partial charge in [-0.2, -0.15) is 0 Å². The van der Waals surface area contributed by atoms with Gasteiger partial charge in [0.05, 0.1) is 0 Å². The lowest BCUT2D eigenvalue weighted by molar-refractivity contribution is 0.296. The molecule has 0 spiro atoms. The van der Waals surface area contributed by atoms with Gasteiger partial charge in [0, 0.05) is 18.2 Å². The molecular weight excluding hydrogens is 269 g/mol. The van der Waals surface area contributed by atoms with E-state index in [1.807, 2.05) is 6.07 Å². The molecule has 0 aromatic carbocycles. The summed E-state index contributed by atoms with van der Waals surface area (Å²) in [5, 5.41) is 0.899. The highest BCUT2D eigenvalue weighted by atomic mass is 35.5. The third-order valence-corrected chi connectivity index (χ3v) is 3.57. The van der Waals surface area contributed by atoms with E-state index in [4.69, 9.17) is 28.9 Å². The minimum absolute atomic E-state index is 0.242. The molecule has 0 fully saturated rings. The highest BCUT2D eigenvalue weighted by Gasteiger charge is 2.10. The quantitative estimate of drug-likeness (QED) is 0.818. The van der Waals surface area contributed by atoms with Crippen LogP contribution in [0, 0.1) is 5.92 Å². The summed E-state index contributed by atoms with van der Waals surface area (Å²) in [6.45, 7) is 5.99. The summed E-state index contributed by atoms with van der Waals surface area (Å²) in [5.74, 6) is 0.513. The van der Waals surface area contributed by atoms with Crippen molar-refractivity contribution >= 4 is 23.2 Å². The summed E-state index contributed by atoms with van der Waals surface area (Å²) in [6, 6.07) is 3.92. The molecule has 0 aliphatic rings. The second kappa shape index (κ2) is 7.29. The maximum atomic E-state index is 6.04. The van der Waals surface area contributed by atoms with E-state index in [1.165, 1.54) is 0 Å². The number of halogens is 2. The SMILES string of the molecule is CC(C)C(N)CCN(C)Cc1ccc(Cl)nc1Cl. The van der Waals surface area contributed by atoms with Crippen LogP contribution in [0.25, 0.3) is 0 Å². The fourth-order valence-corrected chi connectivity index (χ4v) is 2.04. The number of rotatable bonds is 6. The van der Waals surface area contributed by atoms with Gasteiger partial charge < -0.3 is 10.6 Å². The largest absolute Gasteiger partial charge is 0.327 e. The smallest absolute Gasteiger partial charge is 0.135 e. The normalized spacial score (nSPS) is 13.3. The van der Waals surface area contributed by atoms with Crippen LogP contribution in [0.4, 0.5) is 0 Å². The lowest BCUT2D eigenvalue weighted by Crippen LogP contribution is -2.31. The van der Waals surface area contributed by atoms with Crippen molar-refractivity contribution in [1.82, 2.24) is 9.88 Å². The molecule has 5 heteroatoms. The summed E-state index contributed by atoms with van der Waals surface area (Å²) in [4.78, 5) is 6.22. The Balaban J connectivity index is 2.47. The molecule has 18 heavy (non-hydrogen) atoms.